The molecule has 0 saturated carbocycles. The second kappa shape index (κ2) is 3.98. The molecule has 3 rings (SSSR count). The molecule has 0 atom stereocenters. The zero-order valence-electron chi connectivity index (χ0n) is 8.39. The van der Waals surface area contributed by atoms with Crippen molar-refractivity contribution in [2.24, 2.45) is 0 Å². The molecule has 3 aromatic rings. The van der Waals surface area contributed by atoms with Crippen LogP contribution in [0.2, 0.25) is 10.3 Å². The van der Waals surface area contributed by atoms with E-state index in [9.17, 15) is 0 Å². The van der Waals surface area contributed by atoms with Gasteiger partial charge in [0.2, 0.25) is 5.58 Å². The van der Waals surface area contributed by atoms with E-state index in [2.05, 4.69) is 15.4 Å². The van der Waals surface area contributed by atoms with Crippen molar-refractivity contribution >= 4 is 34.2 Å². The van der Waals surface area contributed by atoms with E-state index in [1.165, 1.54) is 0 Å². The normalized spacial score (nSPS) is 10.9. The third-order valence-corrected chi connectivity index (χ3v) is 2.87. The average molecular weight is 266 g/mol. The van der Waals surface area contributed by atoms with E-state index < -0.39 is 0 Å². The van der Waals surface area contributed by atoms with E-state index in [4.69, 9.17) is 27.7 Å². The number of benzene rings is 1. The van der Waals surface area contributed by atoms with Crippen LogP contribution in [0.25, 0.3) is 22.2 Å². The zero-order chi connectivity index (χ0) is 11.8. The average Bonchev–Trinajstić information content (AvgIpc) is 2.81. The monoisotopic (exact) mass is 265 g/mol. The second-order valence-electron chi connectivity index (χ2n) is 3.38. The molecule has 0 amide bonds. The van der Waals surface area contributed by atoms with E-state index in [-0.39, 0.29) is 10.3 Å². The van der Waals surface area contributed by atoms with Crippen LogP contribution in [-0.2, 0) is 0 Å². The van der Waals surface area contributed by atoms with Gasteiger partial charge in [-0.1, -0.05) is 58.7 Å². The molecule has 0 saturated heterocycles. The molecule has 2 heterocycles. The second-order valence-corrected chi connectivity index (χ2v) is 4.10. The molecule has 2 aromatic heterocycles. The van der Waals surface area contributed by atoms with Crippen LogP contribution in [-0.4, -0.2) is 15.4 Å². The molecule has 0 bridgehead atoms. The Balaban J connectivity index is 2.36. The van der Waals surface area contributed by atoms with Gasteiger partial charge >= 0.3 is 0 Å². The lowest BCUT2D eigenvalue weighted by Gasteiger charge is -1.96. The molecule has 0 aliphatic heterocycles. The molecule has 4 nitrogen and oxygen atoms in total. The first kappa shape index (κ1) is 10.5. The van der Waals surface area contributed by atoms with Gasteiger partial charge < -0.3 is 4.52 Å². The minimum absolute atomic E-state index is 0.152. The van der Waals surface area contributed by atoms with Crippen molar-refractivity contribution < 1.29 is 4.52 Å². The lowest BCUT2D eigenvalue weighted by atomic mass is 10.1. The number of fused-ring (bicyclic) bond motifs is 1. The minimum atomic E-state index is 0.152. The summed E-state index contributed by atoms with van der Waals surface area (Å²) in [4.78, 5) is 0. The van der Waals surface area contributed by atoms with Crippen LogP contribution in [0, 0.1) is 0 Å². The van der Waals surface area contributed by atoms with Crippen molar-refractivity contribution in [3.63, 3.8) is 0 Å². The topological polar surface area (TPSA) is 51.8 Å². The Morgan fingerprint density at radius 3 is 2.41 bits per heavy atom. The standard InChI is InChI=1S/C11H5Cl2N3O/c12-10-7-8(6-4-2-1-3-5-6)16-17-9(7)11(13)15-14-10/h1-5H. The van der Waals surface area contributed by atoms with Gasteiger partial charge in [0.15, 0.2) is 10.3 Å². The highest BCUT2D eigenvalue weighted by molar-refractivity contribution is 6.38. The summed E-state index contributed by atoms with van der Waals surface area (Å²) in [5.41, 5.74) is 1.85. The number of hydrogen-bond donors (Lipinski definition) is 0. The lowest BCUT2D eigenvalue weighted by Crippen LogP contribution is -1.85. The van der Waals surface area contributed by atoms with Crippen molar-refractivity contribution in [3.8, 4) is 11.3 Å². The predicted octanol–water partition coefficient (Wildman–Crippen LogP) is 3.59. The minimum Gasteiger partial charge on any atom is -0.352 e. The van der Waals surface area contributed by atoms with Crippen LogP contribution in [0.1, 0.15) is 0 Å². The van der Waals surface area contributed by atoms with Gasteiger partial charge in [-0.3, -0.25) is 0 Å². The van der Waals surface area contributed by atoms with Gasteiger partial charge in [-0.15, -0.1) is 10.2 Å². The third-order valence-electron chi connectivity index (χ3n) is 2.36. The van der Waals surface area contributed by atoms with E-state index in [1.807, 2.05) is 30.3 Å². The molecule has 84 valence electrons. The maximum Gasteiger partial charge on any atom is 0.209 e. The van der Waals surface area contributed by atoms with Crippen molar-refractivity contribution in [1.29, 1.82) is 0 Å². The van der Waals surface area contributed by atoms with E-state index in [1.54, 1.807) is 0 Å². The largest absolute Gasteiger partial charge is 0.352 e. The van der Waals surface area contributed by atoms with Crippen molar-refractivity contribution in [2.45, 2.75) is 0 Å². The van der Waals surface area contributed by atoms with Gasteiger partial charge in [-0.2, -0.15) is 0 Å². The first-order valence-corrected chi connectivity index (χ1v) is 5.55. The van der Waals surface area contributed by atoms with Crippen LogP contribution in [0.4, 0.5) is 0 Å². The van der Waals surface area contributed by atoms with E-state index in [0.29, 0.717) is 16.7 Å². The molecular formula is C11H5Cl2N3O. The van der Waals surface area contributed by atoms with Gasteiger partial charge in [0, 0.05) is 5.56 Å². The predicted molar refractivity (Wildman–Crippen MR) is 65.1 cm³/mol. The molecule has 1 aromatic carbocycles. The summed E-state index contributed by atoms with van der Waals surface area (Å²) in [6, 6.07) is 9.53. The fourth-order valence-corrected chi connectivity index (χ4v) is 1.98. The summed E-state index contributed by atoms with van der Waals surface area (Å²) < 4.78 is 5.15. The smallest absolute Gasteiger partial charge is 0.209 e. The highest BCUT2D eigenvalue weighted by Gasteiger charge is 2.18. The highest BCUT2D eigenvalue weighted by atomic mass is 35.5. The van der Waals surface area contributed by atoms with Crippen molar-refractivity contribution in [2.75, 3.05) is 0 Å². The Labute approximate surface area is 106 Å². The Morgan fingerprint density at radius 2 is 1.65 bits per heavy atom. The molecule has 17 heavy (non-hydrogen) atoms. The van der Waals surface area contributed by atoms with Crippen molar-refractivity contribution in [1.82, 2.24) is 15.4 Å². The summed E-state index contributed by atoms with van der Waals surface area (Å²) in [6.45, 7) is 0. The van der Waals surface area contributed by atoms with Crippen molar-refractivity contribution in [3.05, 3.63) is 40.6 Å². The highest BCUT2D eigenvalue weighted by Crippen LogP contribution is 2.34. The van der Waals surface area contributed by atoms with Crippen LogP contribution in [0.3, 0.4) is 0 Å². The van der Waals surface area contributed by atoms with E-state index >= 15 is 0 Å². The summed E-state index contributed by atoms with van der Waals surface area (Å²) in [5, 5.41) is 12.3. The summed E-state index contributed by atoms with van der Waals surface area (Å²) >= 11 is 11.9. The van der Waals surface area contributed by atoms with Crippen LogP contribution in [0.15, 0.2) is 34.9 Å². The van der Waals surface area contributed by atoms with Crippen LogP contribution < -0.4 is 0 Å². The first-order chi connectivity index (χ1) is 8.27. The Bertz CT molecular complexity index is 682. The molecule has 0 radical (unpaired) electrons. The Kier molecular flexibility index (Phi) is 2.46. The number of hydrogen-bond acceptors (Lipinski definition) is 4. The van der Waals surface area contributed by atoms with Gasteiger partial charge in [0.05, 0.1) is 5.39 Å². The maximum atomic E-state index is 5.99. The lowest BCUT2D eigenvalue weighted by molar-refractivity contribution is 0.458. The van der Waals surface area contributed by atoms with Gasteiger partial charge in [-0.05, 0) is 0 Å². The SMILES string of the molecule is Clc1nnc(Cl)c2c(-c3ccccc3)noc12. The first-order valence-electron chi connectivity index (χ1n) is 4.80. The maximum absolute atomic E-state index is 5.99. The molecule has 0 N–H and O–H groups in total. The van der Waals surface area contributed by atoms with Gasteiger partial charge in [-0.25, -0.2) is 0 Å². The fourth-order valence-electron chi connectivity index (χ4n) is 1.60. The van der Waals surface area contributed by atoms with E-state index in [0.717, 1.165) is 5.56 Å². The Morgan fingerprint density at radius 1 is 0.941 bits per heavy atom. The number of aromatic nitrogens is 3. The number of nitrogens with zero attached hydrogens (tertiary/aromatic N) is 3. The molecular weight excluding hydrogens is 261 g/mol. The zero-order valence-corrected chi connectivity index (χ0v) is 9.90. The van der Waals surface area contributed by atoms with Gasteiger partial charge in [0.25, 0.3) is 0 Å². The molecule has 0 unspecified atom stereocenters. The quantitative estimate of drug-likeness (QED) is 0.675. The van der Waals surface area contributed by atoms with Gasteiger partial charge in [0.1, 0.15) is 5.69 Å². The van der Waals surface area contributed by atoms with Crippen LogP contribution >= 0.6 is 23.2 Å². The summed E-state index contributed by atoms with van der Waals surface area (Å²) in [6.07, 6.45) is 0. The number of rotatable bonds is 1. The van der Waals surface area contributed by atoms with Crippen LogP contribution in [0.5, 0.6) is 0 Å². The fraction of sp³-hybridized carbons (Fsp3) is 0. The number of halogens is 2. The molecule has 0 spiro atoms. The molecule has 0 fully saturated rings. The molecule has 0 aliphatic carbocycles. The summed E-state index contributed by atoms with van der Waals surface area (Å²) in [5.74, 6) is 0. The molecule has 0 aliphatic rings. The Hall–Kier alpha value is -1.65. The summed E-state index contributed by atoms with van der Waals surface area (Å²) in [7, 11) is 0. The molecule has 6 heteroatoms. The third kappa shape index (κ3) is 1.66.